The third kappa shape index (κ3) is 76.1. The van der Waals surface area contributed by atoms with Gasteiger partial charge in [-0.3, -0.25) is 18.6 Å². The molecule has 0 radical (unpaired) electrons. The molecule has 0 spiro atoms. The van der Waals surface area contributed by atoms with E-state index in [0.29, 0.717) is 6.42 Å². The summed E-state index contributed by atoms with van der Waals surface area (Å²) < 4.78 is 33.3. The summed E-state index contributed by atoms with van der Waals surface area (Å²) in [4.78, 5) is 35.5. The molecule has 0 aliphatic carbocycles. The number of phosphoric acid groups is 1. The standard InChI is InChI=1S/C81H148NO8P/c1-3-5-7-9-11-13-15-17-19-21-23-25-27-29-31-33-35-37-38-39-40-42-44-46-48-50-52-54-56-58-60-62-64-66-68-70-72-74-81(84)90-79(78-89-91(85,86)88-76-75-82)77-87-80(83)73-71-69-67-65-63-61-59-57-55-53-51-49-47-45-43-41-36-34-32-30-28-26-24-22-20-18-16-14-12-10-8-6-4-2/h5,7,11,13,16-19,22-25,28,30,79H,3-4,6,8-10,12,14-15,20-21,26-27,29,31-78,82H2,1-2H3,(H,85,86)/b7-5-,13-11-,18-16-,19-17-,24-22-,25-23-,30-28-. The minimum atomic E-state index is -4.40. The number of phosphoric ester groups is 1. The highest BCUT2D eigenvalue weighted by Gasteiger charge is 2.26. The van der Waals surface area contributed by atoms with Gasteiger partial charge >= 0.3 is 19.8 Å². The number of allylic oxidation sites excluding steroid dienone is 14. The summed E-state index contributed by atoms with van der Waals surface area (Å²) in [7, 11) is -4.40. The molecule has 2 unspecified atom stereocenters. The van der Waals surface area contributed by atoms with Crippen LogP contribution < -0.4 is 5.73 Å². The Bertz CT molecular complexity index is 1770. The van der Waals surface area contributed by atoms with E-state index in [1.807, 2.05) is 0 Å². The van der Waals surface area contributed by atoms with E-state index >= 15 is 0 Å². The first-order chi connectivity index (χ1) is 44.8. The third-order valence-corrected chi connectivity index (χ3v) is 18.2. The van der Waals surface area contributed by atoms with Crippen molar-refractivity contribution in [2.45, 2.75) is 392 Å². The van der Waals surface area contributed by atoms with Gasteiger partial charge < -0.3 is 20.1 Å². The van der Waals surface area contributed by atoms with E-state index in [2.05, 4.69) is 98.9 Å². The lowest BCUT2D eigenvalue weighted by molar-refractivity contribution is -0.161. The Kier molecular flexibility index (Phi) is 73.9. The zero-order chi connectivity index (χ0) is 65.8. The van der Waals surface area contributed by atoms with Crippen LogP contribution in [0.4, 0.5) is 0 Å². The number of unbranched alkanes of at least 4 members (excludes halogenated alkanes) is 47. The highest BCUT2D eigenvalue weighted by Crippen LogP contribution is 2.43. The molecule has 0 heterocycles. The Morgan fingerprint density at radius 2 is 0.604 bits per heavy atom. The lowest BCUT2D eigenvalue weighted by atomic mass is 10.0. The van der Waals surface area contributed by atoms with Crippen molar-refractivity contribution in [2.75, 3.05) is 26.4 Å². The van der Waals surface area contributed by atoms with Crippen LogP contribution in [0.1, 0.15) is 386 Å². The monoisotopic (exact) mass is 1290 g/mol. The summed E-state index contributed by atoms with van der Waals surface area (Å²) in [6.45, 7) is 3.68. The molecule has 0 fully saturated rings. The number of esters is 2. The van der Waals surface area contributed by atoms with Gasteiger partial charge in [-0.2, -0.15) is 0 Å². The minimum Gasteiger partial charge on any atom is -0.462 e. The first-order valence-corrected chi connectivity index (χ1v) is 40.6. The number of rotatable bonds is 74. The van der Waals surface area contributed by atoms with Gasteiger partial charge in [0.25, 0.3) is 0 Å². The quantitative estimate of drug-likeness (QED) is 0.0264. The van der Waals surface area contributed by atoms with Crippen LogP contribution in [0.5, 0.6) is 0 Å². The van der Waals surface area contributed by atoms with Crippen LogP contribution >= 0.6 is 7.82 Å². The van der Waals surface area contributed by atoms with Crippen LogP contribution in [0, 0.1) is 0 Å². The van der Waals surface area contributed by atoms with Crippen molar-refractivity contribution in [1.82, 2.24) is 0 Å². The molecule has 10 heteroatoms. The molecule has 91 heavy (non-hydrogen) atoms. The molecule has 2 atom stereocenters. The largest absolute Gasteiger partial charge is 0.472 e. The van der Waals surface area contributed by atoms with E-state index in [4.69, 9.17) is 24.3 Å². The van der Waals surface area contributed by atoms with Gasteiger partial charge in [0.15, 0.2) is 6.10 Å². The molecule has 0 saturated carbocycles. The number of hydrogen-bond donors (Lipinski definition) is 2. The Labute approximate surface area is 564 Å². The maximum absolute atomic E-state index is 12.8. The summed E-state index contributed by atoms with van der Waals surface area (Å²) >= 11 is 0. The van der Waals surface area contributed by atoms with Gasteiger partial charge in [-0.15, -0.1) is 0 Å². The van der Waals surface area contributed by atoms with Crippen molar-refractivity contribution in [3.05, 3.63) is 85.1 Å². The fourth-order valence-corrected chi connectivity index (χ4v) is 12.3. The highest BCUT2D eigenvalue weighted by molar-refractivity contribution is 7.47. The molecule has 0 rings (SSSR count). The Morgan fingerprint density at radius 1 is 0.341 bits per heavy atom. The van der Waals surface area contributed by atoms with Gasteiger partial charge in [0.1, 0.15) is 6.61 Å². The second-order valence-corrected chi connectivity index (χ2v) is 27.7. The van der Waals surface area contributed by atoms with E-state index in [-0.39, 0.29) is 38.6 Å². The Hall–Kier alpha value is -2.81. The predicted octanol–water partition coefficient (Wildman–Crippen LogP) is 26.1. The van der Waals surface area contributed by atoms with Crippen LogP contribution in [0.2, 0.25) is 0 Å². The molecule has 530 valence electrons. The molecule has 0 aliphatic rings. The van der Waals surface area contributed by atoms with Crippen LogP contribution in [0.3, 0.4) is 0 Å². The zero-order valence-electron chi connectivity index (χ0n) is 59.8. The van der Waals surface area contributed by atoms with Crippen molar-refractivity contribution in [3.63, 3.8) is 0 Å². The lowest BCUT2D eigenvalue weighted by Gasteiger charge is -2.19. The molecule has 0 aromatic heterocycles. The number of carbonyl (C=O) groups is 2. The smallest absolute Gasteiger partial charge is 0.462 e. The summed E-state index contributed by atoms with van der Waals surface area (Å²) in [6, 6.07) is 0. The summed E-state index contributed by atoms with van der Waals surface area (Å²) in [5.74, 6) is -0.808. The van der Waals surface area contributed by atoms with Crippen molar-refractivity contribution < 1.29 is 37.6 Å². The number of ether oxygens (including phenoxy) is 2. The second kappa shape index (κ2) is 76.2. The van der Waals surface area contributed by atoms with Crippen molar-refractivity contribution in [3.8, 4) is 0 Å². The Balaban J connectivity index is 3.78. The number of carbonyl (C=O) groups excluding carboxylic acids is 2. The molecule has 0 aromatic rings. The SMILES string of the molecule is CC/C=C\C/C=C\C/C=C\C/C=C\CCCCCCCCCCCCCCCCCCCCCCCCCCC(=O)OC(COC(=O)CCCCCCCCCCCCCCCCCCCC/C=C\C/C=C\C/C=C\CCCCCCC)COP(=O)(O)OCCN. The molecule has 0 bridgehead atoms. The fraction of sp³-hybridized carbons (Fsp3) is 0.802. The number of nitrogens with two attached hydrogens (primary N) is 1. The van der Waals surface area contributed by atoms with Crippen molar-refractivity contribution in [1.29, 1.82) is 0 Å². The van der Waals surface area contributed by atoms with E-state index in [1.165, 1.54) is 283 Å². The first kappa shape index (κ1) is 88.2. The van der Waals surface area contributed by atoms with Crippen LogP contribution in [-0.4, -0.2) is 49.3 Å². The van der Waals surface area contributed by atoms with E-state index in [0.717, 1.165) is 70.6 Å². The molecular formula is C81H148NO8P. The maximum atomic E-state index is 12.8. The minimum absolute atomic E-state index is 0.0540. The molecule has 3 N–H and O–H groups in total. The van der Waals surface area contributed by atoms with E-state index in [9.17, 15) is 19.0 Å². The molecule has 0 saturated heterocycles. The lowest BCUT2D eigenvalue weighted by Crippen LogP contribution is -2.29. The van der Waals surface area contributed by atoms with Gasteiger partial charge in [0.05, 0.1) is 13.2 Å². The predicted molar refractivity (Wildman–Crippen MR) is 395 cm³/mol. The van der Waals surface area contributed by atoms with Crippen LogP contribution in [-0.2, 0) is 32.7 Å². The topological polar surface area (TPSA) is 134 Å². The van der Waals surface area contributed by atoms with Crippen molar-refractivity contribution >= 4 is 19.8 Å². The summed E-state index contributed by atoms with van der Waals surface area (Å²) in [6.07, 6.45) is 103. The van der Waals surface area contributed by atoms with Gasteiger partial charge in [-0.25, -0.2) is 4.57 Å². The van der Waals surface area contributed by atoms with E-state index < -0.39 is 26.5 Å². The average molecular weight is 1300 g/mol. The van der Waals surface area contributed by atoms with Crippen LogP contribution in [0.25, 0.3) is 0 Å². The van der Waals surface area contributed by atoms with Gasteiger partial charge in [-0.1, -0.05) is 369 Å². The molecule has 0 aromatic carbocycles. The van der Waals surface area contributed by atoms with Gasteiger partial charge in [0.2, 0.25) is 0 Å². The highest BCUT2D eigenvalue weighted by atomic mass is 31.2. The summed E-state index contributed by atoms with van der Waals surface area (Å²) in [5, 5.41) is 0. The number of hydrogen-bond acceptors (Lipinski definition) is 8. The molecule has 9 nitrogen and oxygen atoms in total. The van der Waals surface area contributed by atoms with E-state index in [1.54, 1.807) is 0 Å². The maximum Gasteiger partial charge on any atom is 0.472 e. The average Bonchev–Trinajstić information content (AvgIpc) is 3.74. The third-order valence-electron chi connectivity index (χ3n) is 17.3. The molecule has 0 aliphatic heterocycles. The van der Waals surface area contributed by atoms with Gasteiger partial charge in [0, 0.05) is 19.4 Å². The van der Waals surface area contributed by atoms with Crippen LogP contribution in [0.15, 0.2) is 85.1 Å². The fourth-order valence-electron chi connectivity index (χ4n) is 11.5. The summed E-state index contributed by atoms with van der Waals surface area (Å²) in [5.41, 5.74) is 5.41. The molecule has 0 amide bonds. The normalized spacial score (nSPS) is 13.3. The Morgan fingerprint density at radius 3 is 0.901 bits per heavy atom. The second-order valence-electron chi connectivity index (χ2n) is 26.2. The van der Waals surface area contributed by atoms with Crippen molar-refractivity contribution in [2.24, 2.45) is 5.73 Å². The zero-order valence-corrected chi connectivity index (χ0v) is 60.7. The molecular weight excluding hydrogens is 1150 g/mol. The first-order valence-electron chi connectivity index (χ1n) is 39.1. The van der Waals surface area contributed by atoms with Gasteiger partial charge in [-0.05, 0) is 89.9 Å².